The smallest absolute Gasteiger partial charge is 0.258 e. The van der Waals surface area contributed by atoms with Crippen molar-refractivity contribution in [1.29, 1.82) is 0 Å². The van der Waals surface area contributed by atoms with Crippen LogP contribution in [0.15, 0.2) is 93.9 Å². The fourth-order valence-electron chi connectivity index (χ4n) is 3.02. The zero-order valence-electron chi connectivity index (χ0n) is 17.6. The second kappa shape index (κ2) is 10.2. The molecule has 0 saturated heterocycles. The molecule has 0 saturated carbocycles. The van der Waals surface area contributed by atoms with E-state index < -0.39 is 16.8 Å². The molecular weight excluding hydrogens is 501 g/mol. The van der Waals surface area contributed by atoms with Gasteiger partial charge in [0.25, 0.3) is 5.69 Å². The van der Waals surface area contributed by atoms with E-state index in [2.05, 4.69) is 15.0 Å². The molecule has 176 valence electrons. The Morgan fingerprint density at radius 3 is 2.43 bits per heavy atom. The van der Waals surface area contributed by atoms with Crippen LogP contribution in [0.25, 0.3) is 11.3 Å². The summed E-state index contributed by atoms with van der Waals surface area (Å²) in [7, 11) is 0. The van der Waals surface area contributed by atoms with E-state index in [-0.39, 0.29) is 21.4 Å². The first-order chi connectivity index (χ1) is 16.7. The van der Waals surface area contributed by atoms with Crippen molar-refractivity contribution in [2.45, 2.75) is 16.2 Å². The number of nitrogens with zero attached hydrogens (tertiary/aromatic N) is 4. The van der Waals surface area contributed by atoms with Crippen LogP contribution in [-0.4, -0.2) is 21.1 Å². The molecule has 0 amide bonds. The highest BCUT2D eigenvalue weighted by Gasteiger charge is 2.34. The molecule has 4 rings (SSSR count). The summed E-state index contributed by atoms with van der Waals surface area (Å²) in [5, 5.41) is 11.9. The maximum atomic E-state index is 13.5. The summed E-state index contributed by atoms with van der Waals surface area (Å²) >= 11 is 6.61. The van der Waals surface area contributed by atoms with Crippen LogP contribution in [0.3, 0.4) is 0 Å². The van der Waals surface area contributed by atoms with E-state index in [9.17, 15) is 23.3 Å². The summed E-state index contributed by atoms with van der Waals surface area (Å²) in [6.45, 7) is 0. The number of benzene rings is 3. The van der Waals surface area contributed by atoms with Gasteiger partial charge in [-0.25, -0.2) is 9.97 Å². The van der Waals surface area contributed by atoms with Crippen LogP contribution < -0.4 is 0 Å². The topological polar surface area (TPSA) is 81.3 Å². The van der Waals surface area contributed by atoms with Gasteiger partial charge in [-0.05, 0) is 47.7 Å². The Morgan fingerprint density at radius 1 is 0.971 bits per heavy atom. The molecule has 6 nitrogen and oxygen atoms in total. The van der Waals surface area contributed by atoms with Crippen molar-refractivity contribution in [2.75, 3.05) is 0 Å². The largest absolute Gasteiger partial charge is 0.433 e. The summed E-state index contributed by atoms with van der Waals surface area (Å²) in [5.41, 5.74) is 0.0575. The number of alkyl halides is 3. The maximum Gasteiger partial charge on any atom is 0.433 e. The first-order valence-electron chi connectivity index (χ1n) is 9.97. The summed E-state index contributed by atoms with van der Waals surface area (Å²) in [6, 6.07) is 20.2. The van der Waals surface area contributed by atoms with Crippen molar-refractivity contribution in [3.63, 3.8) is 0 Å². The minimum atomic E-state index is -4.71. The predicted molar refractivity (Wildman–Crippen MR) is 128 cm³/mol. The Balaban J connectivity index is 1.69. The molecule has 0 bridgehead atoms. The number of halogens is 4. The van der Waals surface area contributed by atoms with Gasteiger partial charge in [-0.2, -0.15) is 13.2 Å². The van der Waals surface area contributed by atoms with Gasteiger partial charge < -0.3 is 0 Å². The fourth-order valence-corrected chi connectivity index (χ4v) is 4.06. The predicted octanol–water partition coefficient (Wildman–Crippen LogP) is 7.63. The summed E-state index contributed by atoms with van der Waals surface area (Å²) in [4.78, 5) is 23.2. The molecule has 0 unspecified atom stereocenters. The number of aromatic nitrogens is 2. The Bertz CT molecular complexity index is 1420. The van der Waals surface area contributed by atoms with Crippen molar-refractivity contribution in [1.82, 2.24) is 9.97 Å². The van der Waals surface area contributed by atoms with Gasteiger partial charge in [0.1, 0.15) is 5.69 Å². The number of hydrogen-bond donors (Lipinski definition) is 0. The van der Waals surface area contributed by atoms with E-state index in [0.29, 0.717) is 33.6 Å². The fraction of sp³-hybridized carbons (Fsp3) is 0.0417. The number of hydrogen-bond acceptors (Lipinski definition) is 6. The van der Waals surface area contributed by atoms with E-state index in [1.54, 1.807) is 60.7 Å². The van der Waals surface area contributed by atoms with E-state index >= 15 is 0 Å². The molecule has 0 spiro atoms. The normalized spacial score (nSPS) is 11.7. The van der Waals surface area contributed by atoms with Crippen LogP contribution >= 0.6 is 23.4 Å². The minimum Gasteiger partial charge on any atom is -0.258 e. The third kappa shape index (κ3) is 6.23. The average Bonchev–Trinajstić information content (AvgIpc) is 2.83. The molecule has 0 aliphatic carbocycles. The van der Waals surface area contributed by atoms with Crippen molar-refractivity contribution in [3.8, 4) is 11.3 Å². The number of rotatable bonds is 6. The van der Waals surface area contributed by atoms with Crippen LogP contribution in [0.5, 0.6) is 0 Å². The molecule has 0 fully saturated rings. The van der Waals surface area contributed by atoms with Crippen LogP contribution in [0, 0.1) is 10.1 Å². The lowest BCUT2D eigenvalue weighted by molar-refractivity contribution is -0.387. The monoisotopic (exact) mass is 514 g/mol. The Kier molecular flexibility index (Phi) is 7.13. The zero-order chi connectivity index (χ0) is 25.0. The van der Waals surface area contributed by atoms with Crippen molar-refractivity contribution in [2.24, 2.45) is 4.99 Å². The maximum absolute atomic E-state index is 13.5. The highest BCUT2D eigenvalue weighted by Crippen LogP contribution is 2.37. The first kappa shape index (κ1) is 24.4. The summed E-state index contributed by atoms with van der Waals surface area (Å²) in [5.74, 6) is 0. The molecular formula is C24H14ClF3N4O2S. The first-order valence-corrected chi connectivity index (χ1v) is 11.2. The summed E-state index contributed by atoms with van der Waals surface area (Å²) in [6.07, 6.45) is -3.28. The van der Waals surface area contributed by atoms with Gasteiger partial charge in [0, 0.05) is 22.9 Å². The van der Waals surface area contributed by atoms with E-state index in [1.807, 2.05) is 0 Å². The Morgan fingerprint density at radius 2 is 1.74 bits per heavy atom. The highest BCUT2D eigenvalue weighted by molar-refractivity contribution is 7.99. The van der Waals surface area contributed by atoms with E-state index in [1.165, 1.54) is 18.3 Å². The van der Waals surface area contributed by atoms with E-state index in [0.717, 1.165) is 6.07 Å². The average molecular weight is 515 g/mol. The molecule has 0 N–H and O–H groups in total. The molecule has 11 heteroatoms. The molecule has 0 atom stereocenters. The van der Waals surface area contributed by atoms with Crippen LogP contribution in [0.1, 0.15) is 11.3 Å². The van der Waals surface area contributed by atoms with Gasteiger partial charge in [-0.1, -0.05) is 54.1 Å². The molecule has 35 heavy (non-hydrogen) atoms. The van der Waals surface area contributed by atoms with Gasteiger partial charge in [-0.15, -0.1) is 0 Å². The molecule has 3 aromatic carbocycles. The Labute approximate surface area is 206 Å². The van der Waals surface area contributed by atoms with Crippen LogP contribution in [-0.2, 0) is 6.18 Å². The minimum absolute atomic E-state index is 0.0587. The second-order valence-corrected chi connectivity index (χ2v) is 8.55. The molecule has 0 aliphatic heterocycles. The molecule has 4 aromatic rings. The number of nitro groups is 1. The van der Waals surface area contributed by atoms with E-state index in [4.69, 9.17) is 11.6 Å². The SMILES string of the molecule is O=[N+]([O-])c1cc(C=Nc2cccc(Cl)c2)ccc1Sc1nc(-c2ccccc2)cc(C(F)(F)F)n1. The second-order valence-electron chi connectivity index (χ2n) is 7.11. The van der Waals surface area contributed by atoms with Gasteiger partial charge in [0.2, 0.25) is 0 Å². The van der Waals surface area contributed by atoms with Crippen LogP contribution in [0.4, 0.5) is 24.5 Å². The van der Waals surface area contributed by atoms with Crippen molar-refractivity contribution < 1.29 is 18.1 Å². The zero-order valence-corrected chi connectivity index (χ0v) is 19.2. The molecule has 0 aliphatic rings. The lowest BCUT2D eigenvalue weighted by Crippen LogP contribution is -2.10. The van der Waals surface area contributed by atoms with Crippen molar-refractivity contribution in [3.05, 3.63) is 105 Å². The standard InChI is InChI=1S/C24H14ClF3N4O2S/c25-17-7-4-8-18(12-17)29-14-15-9-10-21(20(11-15)32(33)34)35-23-30-19(16-5-2-1-3-6-16)13-22(31-23)24(26,27)28/h1-14H. The molecule has 1 aromatic heterocycles. The quantitative estimate of drug-likeness (QED) is 0.114. The van der Waals surface area contributed by atoms with Gasteiger partial charge in [0.05, 0.1) is 21.2 Å². The highest BCUT2D eigenvalue weighted by atomic mass is 35.5. The van der Waals surface area contributed by atoms with Crippen molar-refractivity contribution >= 4 is 41.0 Å². The van der Waals surface area contributed by atoms with Gasteiger partial charge in [0.15, 0.2) is 5.16 Å². The molecule has 1 heterocycles. The third-order valence-corrected chi connectivity index (χ3v) is 5.78. The third-order valence-electron chi connectivity index (χ3n) is 4.62. The summed E-state index contributed by atoms with van der Waals surface area (Å²) < 4.78 is 40.4. The van der Waals surface area contributed by atoms with Gasteiger partial charge >= 0.3 is 6.18 Å². The number of aliphatic imine (C=N–C) groups is 1. The number of nitro benzene ring substituents is 1. The van der Waals surface area contributed by atoms with Gasteiger partial charge in [-0.3, -0.25) is 15.1 Å². The lowest BCUT2D eigenvalue weighted by Gasteiger charge is -2.11. The van der Waals surface area contributed by atoms with Crippen LogP contribution in [0.2, 0.25) is 5.02 Å². The lowest BCUT2D eigenvalue weighted by atomic mass is 10.1. The molecule has 0 radical (unpaired) electrons. The Hall–Kier alpha value is -3.76.